The Hall–Kier alpha value is -1.20. The van der Waals surface area contributed by atoms with E-state index in [4.69, 9.17) is 0 Å². The summed E-state index contributed by atoms with van der Waals surface area (Å²) in [5.74, 6) is -0.0636. The average molecular weight is 339 g/mol. The molecule has 1 unspecified atom stereocenters. The first-order chi connectivity index (χ1) is 8.99. The number of benzene rings is 1. The highest BCUT2D eigenvalue weighted by Gasteiger charge is 2.17. The van der Waals surface area contributed by atoms with Crippen molar-refractivity contribution >= 4 is 33.2 Å². The van der Waals surface area contributed by atoms with Crippen LogP contribution in [0.1, 0.15) is 38.9 Å². The molecule has 1 amide bonds. The lowest BCUT2D eigenvalue weighted by molar-refractivity contribution is 0.0943. The van der Waals surface area contributed by atoms with Crippen LogP contribution in [-0.4, -0.2) is 10.9 Å². The molecule has 2 aromatic rings. The first-order valence-corrected chi connectivity index (χ1v) is 7.59. The lowest BCUT2D eigenvalue weighted by atomic mass is 10.1. The Morgan fingerprint density at radius 3 is 2.63 bits per heavy atom. The summed E-state index contributed by atoms with van der Waals surface area (Å²) in [6, 6.07) is 7.84. The molecule has 1 aromatic carbocycles. The molecule has 1 heterocycles. The molecule has 5 heteroatoms. The zero-order valence-corrected chi connectivity index (χ0v) is 13.4. The minimum atomic E-state index is -0.0636. The van der Waals surface area contributed by atoms with E-state index in [1.807, 2.05) is 45.0 Å². The Balaban J connectivity index is 2.15. The molecule has 0 spiro atoms. The lowest BCUT2D eigenvalue weighted by Gasteiger charge is -2.15. The zero-order valence-electron chi connectivity index (χ0n) is 11.0. The maximum absolute atomic E-state index is 12.2. The van der Waals surface area contributed by atoms with Gasteiger partial charge in [0.2, 0.25) is 0 Å². The van der Waals surface area contributed by atoms with E-state index in [9.17, 15) is 4.79 Å². The van der Waals surface area contributed by atoms with E-state index in [-0.39, 0.29) is 11.9 Å². The molecule has 1 atom stereocenters. The number of thiazole rings is 1. The van der Waals surface area contributed by atoms with Gasteiger partial charge in [-0.1, -0.05) is 34.1 Å². The van der Waals surface area contributed by atoms with Crippen molar-refractivity contribution < 1.29 is 4.79 Å². The predicted molar refractivity (Wildman–Crippen MR) is 81.6 cm³/mol. The molecule has 1 N–H and O–H groups in total. The van der Waals surface area contributed by atoms with Crippen molar-refractivity contribution in [1.29, 1.82) is 0 Å². The van der Waals surface area contributed by atoms with Gasteiger partial charge in [-0.25, -0.2) is 4.98 Å². The molecular weight excluding hydrogens is 324 g/mol. The molecule has 0 bridgehead atoms. The number of nitrogens with zero attached hydrogens (tertiary/aromatic N) is 1. The number of hydrogen-bond donors (Lipinski definition) is 1. The number of halogens is 1. The normalized spacial score (nSPS) is 12.2. The SMILES string of the molecule is Cc1nc(C)c(C(=O)NC(C)c2ccccc2Br)s1. The zero-order chi connectivity index (χ0) is 14.0. The van der Waals surface area contributed by atoms with E-state index < -0.39 is 0 Å². The summed E-state index contributed by atoms with van der Waals surface area (Å²) in [7, 11) is 0. The van der Waals surface area contributed by atoms with Crippen molar-refractivity contribution in [3.05, 3.63) is 49.9 Å². The molecule has 0 aliphatic rings. The van der Waals surface area contributed by atoms with Crippen LogP contribution in [-0.2, 0) is 0 Å². The second-order valence-electron chi connectivity index (χ2n) is 4.36. The maximum Gasteiger partial charge on any atom is 0.263 e. The van der Waals surface area contributed by atoms with Crippen molar-refractivity contribution in [3.63, 3.8) is 0 Å². The first-order valence-electron chi connectivity index (χ1n) is 5.98. The average Bonchev–Trinajstić information content (AvgIpc) is 2.69. The van der Waals surface area contributed by atoms with Crippen molar-refractivity contribution in [1.82, 2.24) is 10.3 Å². The number of amides is 1. The summed E-state index contributed by atoms with van der Waals surface area (Å²) in [6.45, 7) is 5.74. The van der Waals surface area contributed by atoms with E-state index in [0.29, 0.717) is 4.88 Å². The van der Waals surface area contributed by atoms with Crippen molar-refractivity contribution in [2.75, 3.05) is 0 Å². The van der Waals surface area contributed by atoms with Crippen LogP contribution < -0.4 is 5.32 Å². The van der Waals surface area contributed by atoms with Gasteiger partial charge in [0.15, 0.2) is 0 Å². The van der Waals surface area contributed by atoms with Crippen LogP contribution in [0, 0.1) is 13.8 Å². The second kappa shape index (κ2) is 5.84. The minimum absolute atomic E-state index is 0.0510. The third kappa shape index (κ3) is 3.22. The van der Waals surface area contributed by atoms with Gasteiger partial charge in [0.1, 0.15) is 4.88 Å². The largest absolute Gasteiger partial charge is 0.345 e. The van der Waals surface area contributed by atoms with Gasteiger partial charge in [-0.3, -0.25) is 4.79 Å². The van der Waals surface area contributed by atoms with E-state index in [0.717, 1.165) is 20.7 Å². The Kier molecular flexibility index (Phi) is 4.37. The minimum Gasteiger partial charge on any atom is -0.345 e. The second-order valence-corrected chi connectivity index (χ2v) is 6.42. The first kappa shape index (κ1) is 14.2. The number of carbonyl (C=O) groups is 1. The monoisotopic (exact) mass is 338 g/mol. The Morgan fingerprint density at radius 1 is 1.37 bits per heavy atom. The highest BCUT2D eigenvalue weighted by molar-refractivity contribution is 9.10. The van der Waals surface area contributed by atoms with E-state index >= 15 is 0 Å². The standard InChI is InChI=1S/C14H15BrN2OS/c1-8(11-6-4-5-7-12(11)15)17-14(18)13-9(2)16-10(3)19-13/h4-8H,1-3H3,(H,17,18). The Labute approximate surface area is 125 Å². The summed E-state index contributed by atoms with van der Waals surface area (Å²) in [4.78, 5) is 17.2. The van der Waals surface area contributed by atoms with Crippen LogP contribution in [0.4, 0.5) is 0 Å². The fraction of sp³-hybridized carbons (Fsp3) is 0.286. The van der Waals surface area contributed by atoms with E-state index in [1.54, 1.807) is 0 Å². The van der Waals surface area contributed by atoms with Crippen LogP contribution in [0.25, 0.3) is 0 Å². The van der Waals surface area contributed by atoms with Crippen molar-refractivity contribution in [2.24, 2.45) is 0 Å². The number of carbonyl (C=O) groups excluding carboxylic acids is 1. The summed E-state index contributed by atoms with van der Waals surface area (Å²) in [5.41, 5.74) is 1.86. The molecule has 3 nitrogen and oxygen atoms in total. The molecule has 19 heavy (non-hydrogen) atoms. The molecule has 100 valence electrons. The number of aromatic nitrogens is 1. The third-order valence-corrected chi connectivity index (χ3v) is 4.62. The molecule has 0 aliphatic carbocycles. The number of aryl methyl sites for hydroxylation is 2. The molecule has 2 rings (SSSR count). The fourth-order valence-electron chi connectivity index (χ4n) is 1.91. The Bertz CT molecular complexity index is 609. The quantitative estimate of drug-likeness (QED) is 0.918. The maximum atomic E-state index is 12.2. The van der Waals surface area contributed by atoms with Crippen molar-refractivity contribution in [3.8, 4) is 0 Å². The van der Waals surface area contributed by atoms with Gasteiger partial charge in [0.05, 0.1) is 16.7 Å². The number of rotatable bonds is 3. The third-order valence-electron chi connectivity index (χ3n) is 2.83. The number of nitrogens with one attached hydrogen (secondary N) is 1. The van der Waals surface area contributed by atoms with Gasteiger partial charge in [-0.05, 0) is 32.4 Å². The van der Waals surface area contributed by atoms with E-state index in [1.165, 1.54) is 11.3 Å². The fourth-order valence-corrected chi connectivity index (χ4v) is 3.36. The van der Waals surface area contributed by atoms with Gasteiger partial charge >= 0.3 is 0 Å². The van der Waals surface area contributed by atoms with Crippen LogP contribution in [0.5, 0.6) is 0 Å². The molecule has 0 aliphatic heterocycles. The molecule has 0 saturated carbocycles. The molecule has 1 aromatic heterocycles. The van der Waals surface area contributed by atoms with Crippen LogP contribution in [0.15, 0.2) is 28.7 Å². The topological polar surface area (TPSA) is 42.0 Å². The van der Waals surface area contributed by atoms with Crippen LogP contribution >= 0.6 is 27.3 Å². The smallest absolute Gasteiger partial charge is 0.263 e. The van der Waals surface area contributed by atoms with Gasteiger partial charge in [-0.15, -0.1) is 11.3 Å². The molecule has 0 radical (unpaired) electrons. The van der Waals surface area contributed by atoms with Crippen molar-refractivity contribution in [2.45, 2.75) is 26.8 Å². The highest BCUT2D eigenvalue weighted by Crippen LogP contribution is 2.24. The molecule has 0 fully saturated rings. The lowest BCUT2D eigenvalue weighted by Crippen LogP contribution is -2.26. The Morgan fingerprint density at radius 2 is 2.05 bits per heavy atom. The van der Waals surface area contributed by atoms with Gasteiger partial charge < -0.3 is 5.32 Å². The summed E-state index contributed by atoms with van der Waals surface area (Å²) < 4.78 is 1.00. The summed E-state index contributed by atoms with van der Waals surface area (Å²) >= 11 is 4.93. The molecular formula is C14H15BrN2OS. The number of hydrogen-bond acceptors (Lipinski definition) is 3. The van der Waals surface area contributed by atoms with Gasteiger partial charge in [0.25, 0.3) is 5.91 Å². The van der Waals surface area contributed by atoms with E-state index in [2.05, 4.69) is 26.2 Å². The molecule has 0 saturated heterocycles. The van der Waals surface area contributed by atoms with Gasteiger partial charge in [-0.2, -0.15) is 0 Å². The van der Waals surface area contributed by atoms with Gasteiger partial charge in [0, 0.05) is 4.47 Å². The highest BCUT2D eigenvalue weighted by atomic mass is 79.9. The summed E-state index contributed by atoms with van der Waals surface area (Å²) in [5, 5.41) is 3.92. The summed E-state index contributed by atoms with van der Waals surface area (Å²) in [6.07, 6.45) is 0. The van der Waals surface area contributed by atoms with Crippen LogP contribution in [0.3, 0.4) is 0 Å². The van der Waals surface area contributed by atoms with Crippen LogP contribution in [0.2, 0.25) is 0 Å². The predicted octanol–water partition coefficient (Wildman–Crippen LogP) is 4.01.